The predicted octanol–water partition coefficient (Wildman–Crippen LogP) is 5.97. The van der Waals surface area contributed by atoms with Crippen molar-refractivity contribution in [3.05, 3.63) is 114 Å². The molecule has 1 heterocycles. The molecule has 0 unspecified atom stereocenters. The average molecular weight is 397 g/mol. The fraction of sp³-hybridized carbons (Fsp3) is 0.0769. The Balaban J connectivity index is 1.75. The van der Waals surface area contributed by atoms with Gasteiger partial charge in [-0.1, -0.05) is 67.3 Å². The Bertz CT molecular complexity index is 1140. The van der Waals surface area contributed by atoms with Gasteiger partial charge in [-0.05, 0) is 48.4 Å². The number of aromatic nitrogens is 1. The van der Waals surface area contributed by atoms with Crippen molar-refractivity contribution >= 4 is 22.4 Å². The molecular formula is C26H23NO3. The van der Waals surface area contributed by atoms with E-state index >= 15 is 0 Å². The van der Waals surface area contributed by atoms with E-state index in [9.17, 15) is 9.90 Å². The minimum atomic E-state index is -1.00. The molecule has 0 radical (unpaired) electrons. The lowest BCUT2D eigenvalue weighted by atomic mass is 10.0. The summed E-state index contributed by atoms with van der Waals surface area (Å²) in [5.74, 6) is -0.357. The third-order valence-corrected chi connectivity index (χ3v) is 4.47. The van der Waals surface area contributed by atoms with Crippen molar-refractivity contribution in [1.82, 2.24) is 4.98 Å². The third kappa shape index (κ3) is 5.32. The van der Waals surface area contributed by atoms with E-state index < -0.39 is 5.97 Å². The fourth-order valence-electron chi connectivity index (χ4n) is 2.89. The molecule has 4 nitrogen and oxygen atoms in total. The first-order chi connectivity index (χ1) is 14.6. The number of allylic oxidation sites excluding steroid dienone is 6. The summed E-state index contributed by atoms with van der Waals surface area (Å²) in [4.78, 5) is 16.3. The number of ether oxygens (including phenoxy) is 1. The quantitative estimate of drug-likeness (QED) is 0.376. The number of fused-ring (bicyclic) bond motifs is 1. The summed E-state index contributed by atoms with van der Waals surface area (Å²) >= 11 is 0. The van der Waals surface area contributed by atoms with Crippen LogP contribution in [0.2, 0.25) is 0 Å². The molecule has 2 aromatic carbocycles. The van der Waals surface area contributed by atoms with Crippen LogP contribution in [0.5, 0.6) is 5.75 Å². The molecule has 0 aliphatic rings. The number of para-hydroxylation sites is 1. The topological polar surface area (TPSA) is 59.4 Å². The molecule has 0 spiro atoms. The second-order valence-electron chi connectivity index (χ2n) is 6.57. The Morgan fingerprint density at radius 3 is 2.57 bits per heavy atom. The first-order valence-corrected chi connectivity index (χ1v) is 9.59. The second kappa shape index (κ2) is 10.0. The van der Waals surface area contributed by atoms with E-state index in [-0.39, 0.29) is 5.57 Å². The molecule has 0 aliphatic heterocycles. The highest BCUT2D eigenvalue weighted by Gasteiger charge is 2.11. The van der Waals surface area contributed by atoms with Crippen molar-refractivity contribution in [1.29, 1.82) is 0 Å². The van der Waals surface area contributed by atoms with Crippen LogP contribution in [-0.2, 0) is 11.4 Å². The van der Waals surface area contributed by atoms with Crippen molar-refractivity contribution < 1.29 is 14.6 Å². The van der Waals surface area contributed by atoms with Crippen LogP contribution in [0.25, 0.3) is 16.5 Å². The normalized spacial score (nSPS) is 12.3. The summed E-state index contributed by atoms with van der Waals surface area (Å²) in [5.41, 5.74) is 3.25. The maximum Gasteiger partial charge on any atom is 0.336 e. The largest absolute Gasteiger partial charge is 0.487 e. The number of hydrogen-bond acceptors (Lipinski definition) is 3. The van der Waals surface area contributed by atoms with Gasteiger partial charge in [-0.2, -0.15) is 0 Å². The lowest BCUT2D eigenvalue weighted by Crippen LogP contribution is -2.01. The highest BCUT2D eigenvalue weighted by atomic mass is 16.5. The zero-order chi connectivity index (χ0) is 21.3. The van der Waals surface area contributed by atoms with Gasteiger partial charge >= 0.3 is 5.97 Å². The van der Waals surface area contributed by atoms with Crippen LogP contribution in [-0.4, -0.2) is 16.1 Å². The van der Waals surface area contributed by atoms with Crippen LogP contribution >= 0.6 is 0 Å². The summed E-state index contributed by atoms with van der Waals surface area (Å²) in [5, 5.41) is 10.7. The van der Waals surface area contributed by atoms with Crippen LogP contribution in [0.1, 0.15) is 18.2 Å². The Labute approximate surface area is 176 Å². The van der Waals surface area contributed by atoms with Crippen molar-refractivity contribution in [3.63, 3.8) is 0 Å². The molecule has 3 rings (SSSR count). The minimum Gasteiger partial charge on any atom is -0.487 e. The van der Waals surface area contributed by atoms with Gasteiger partial charge in [0.1, 0.15) is 12.4 Å². The average Bonchev–Trinajstić information content (AvgIpc) is 2.78. The van der Waals surface area contributed by atoms with Gasteiger partial charge in [0.05, 0.1) is 16.8 Å². The molecule has 150 valence electrons. The summed E-state index contributed by atoms with van der Waals surface area (Å²) < 4.78 is 5.83. The standard InChI is InChI=1S/C26H23NO3/c1-3-5-8-19(4-2)17-24(26(28)29)20-12-15-23(16-13-20)30-18-22-14-11-21-9-6-7-10-25(21)27-22/h3-17H,2,18H2,1H3,(H,28,29)/b5-3-,19-8+,24-17+. The molecule has 0 atom stereocenters. The number of hydrogen-bond donors (Lipinski definition) is 1. The van der Waals surface area contributed by atoms with Gasteiger partial charge in [-0.3, -0.25) is 0 Å². The van der Waals surface area contributed by atoms with Gasteiger partial charge in [-0.15, -0.1) is 0 Å². The van der Waals surface area contributed by atoms with Gasteiger partial charge in [0.15, 0.2) is 0 Å². The van der Waals surface area contributed by atoms with Crippen LogP contribution in [0.4, 0.5) is 0 Å². The van der Waals surface area contributed by atoms with E-state index in [2.05, 4.69) is 11.6 Å². The van der Waals surface area contributed by atoms with Crippen LogP contribution in [0.15, 0.2) is 103 Å². The molecule has 4 heteroatoms. The summed E-state index contributed by atoms with van der Waals surface area (Å²) in [6, 6.07) is 18.9. The molecule has 0 amide bonds. The maximum absolute atomic E-state index is 11.7. The first kappa shape index (κ1) is 20.8. The van der Waals surface area contributed by atoms with E-state index in [1.807, 2.05) is 61.5 Å². The van der Waals surface area contributed by atoms with Gasteiger partial charge in [0, 0.05) is 5.39 Å². The Morgan fingerprint density at radius 1 is 1.10 bits per heavy atom. The third-order valence-electron chi connectivity index (χ3n) is 4.47. The number of carbonyl (C=O) groups is 1. The highest BCUT2D eigenvalue weighted by molar-refractivity contribution is 6.16. The van der Waals surface area contributed by atoms with Crippen molar-refractivity contribution in [2.24, 2.45) is 0 Å². The number of aliphatic carboxylic acids is 1. The Kier molecular flexibility index (Phi) is 6.95. The van der Waals surface area contributed by atoms with E-state index in [0.29, 0.717) is 23.5 Å². The van der Waals surface area contributed by atoms with Crippen molar-refractivity contribution in [2.45, 2.75) is 13.5 Å². The molecule has 1 N–H and O–H groups in total. The van der Waals surface area contributed by atoms with Crippen molar-refractivity contribution in [2.75, 3.05) is 0 Å². The SMILES string of the molecule is C=CC(=C\C=C/C)/C=C(/C(=O)O)c1ccc(OCc2ccc3ccccc3n2)cc1. The number of nitrogens with zero attached hydrogens (tertiary/aromatic N) is 1. The fourth-order valence-corrected chi connectivity index (χ4v) is 2.89. The van der Waals surface area contributed by atoms with Crippen LogP contribution in [0, 0.1) is 0 Å². The van der Waals surface area contributed by atoms with E-state index in [1.165, 1.54) is 0 Å². The predicted molar refractivity (Wildman–Crippen MR) is 121 cm³/mol. The molecule has 0 fully saturated rings. The molecule has 3 aromatic rings. The summed E-state index contributed by atoms with van der Waals surface area (Å²) in [7, 11) is 0. The van der Waals surface area contributed by atoms with Crippen molar-refractivity contribution in [3.8, 4) is 5.75 Å². The number of carboxylic acid groups (broad SMARTS) is 1. The Morgan fingerprint density at radius 2 is 1.87 bits per heavy atom. The number of rotatable bonds is 8. The smallest absolute Gasteiger partial charge is 0.336 e. The van der Waals surface area contributed by atoms with Crippen LogP contribution < -0.4 is 4.74 Å². The zero-order valence-corrected chi connectivity index (χ0v) is 16.8. The lowest BCUT2D eigenvalue weighted by molar-refractivity contribution is -0.130. The van der Waals surface area contributed by atoms with E-state index in [1.54, 1.807) is 36.4 Å². The zero-order valence-electron chi connectivity index (χ0n) is 16.8. The summed E-state index contributed by atoms with van der Waals surface area (Å²) in [6.07, 6.45) is 8.74. The molecule has 0 aliphatic carbocycles. The molecule has 0 saturated heterocycles. The van der Waals surface area contributed by atoms with E-state index in [0.717, 1.165) is 16.6 Å². The molecule has 30 heavy (non-hydrogen) atoms. The van der Waals surface area contributed by atoms with Gasteiger partial charge in [0.2, 0.25) is 0 Å². The molecule has 0 saturated carbocycles. The molecular weight excluding hydrogens is 374 g/mol. The lowest BCUT2D eigenvalue weighted by Gasteiger charge is -2.08. The highest BCUT2D eigenvalue weighted by Crippen LogP contribution is 2.22. The summed E-state index contributed by atoms with van der Waals surface area (Å²) in [6.45, 7) is 5.97. The van der Waals surface area contributed by atoms with Gasteiger partial charge < -0.3 is 9.84 Å². The van der Waals surface area contributed by atoms with Gasteiger partial charge in [0.25, 0.3) is 0 Å². The first-order valence-electron chi connectivity index (χ1n) is 9.59. The monoisotopic (exact) mass is 397 g/mol. The number of pyridine rings is 1. The maximum atomic E-state index is 11.7. The molecule has 1 aromatic heterocycles. The minimum absolute atomic E-state index is 0.188. The molecule has 0 bridgehead atoms. The number of carboxylic acids is 1. The Hall–Kier alpha value is -3.92. The van der Waals surface area contributed by atoms with Crippen LogP contribution in [0.3, 0.4) is 0 Å². The van der Waals surface area contributed by atoms with Gasteiger partial charge in [-0.25, -0.2) is 9.78 Å². The number of benzene rings is 2. The van der Waals surface area contributed by atoms with E-state index in [4.69, 9.17) is 4.74 Å². The second-order valence-corrected chi connectivity index (χ2v) is 6.57.